The minimum atomic E-state index is -4.66. The van der Waals surface area contributed by atoms with Gasteiger partial charge in [-0.25, -0.2) is 14.6 Å². The number of halogens is 3. The van der Waals surface area contributed by atoms with E-state index in [-0.39, 0.29) is 36.0 Å². The molecular formula is C28H36F3N4O4S+. The smallest absolute Gasteiger partial charge is 0.451 e. The molecule has 1 aromatic carbocycles. The van der Waals surface area contributed by atoms with E-state index in [1.165, 1.54) is 0 Å². The van der Waals surface area contributed by atoms with Crippen LogP contribution in [-0.4, -0.2) is 62.8 Å². The number of hydrogen-bond acceptors (Lipinski definition) is 7. The zero-order valence-electron chi connectivity index (χ0n) is 23.8. The van der Waals surface area contributed by atoms with Crippen molar-refractivity contribution < 1.29 is 32.2 Å². The van der Waals surface area contributed by atoms with Gasteiger partial charge in [0.15, 0.2) is 5.82 Å². The molecule has 2 heterocycles. The van der Waals surface area contributed by atoms with Gasteiger partial charge in [-0.1, -0.05) is 24.3 Å². The molecule has 0 fully saturated rings. The largest absolute Gasteiger partial charge is 0.476 e. The first-order valence-corrected chi connectivity index (χ1v) is 14.8. The van der Waals surface area contributed by atoms with Crippen molar-refractivity contribution in [2.24, 2.45) is 5.41 Å². The summed E-state index contributed by atoms with van der Waals surface area (Å²) in [5, 5.41) is 4.05. The van der Waals surface area contributed by atoms with Crippen molar-refractivity contribution in [2.75, 3.05) is 31.5 Å². The summed E-state index contributed by atoms with van der Waals surface area (Å²) in [6, 6.07) is 10.3. The number of alkyl halides is 3. The summed E-state index contributed by atoms with van der Waals surface area (Å²) in [5.74, 6) is -0.396. The van der Waals surface area contributed by atoms with Crippen molar-refractivity contribution in [3.05, 3.63) is 48.4 Å². The van der Waals surface area contributed by atoms with Crippen molar-refractivity contribution >= 4 is 16.9 Å². The van der Waals surface area contributed by atoms with Crippen molar-refractivity contribution in [3.63, 3.8) is 0 Å². The second-order valence-electron chi connectivity index (χ2n) is 11.1. The highest BCUT2D eigenvalue weighted by Crippen LogP contribution is 2.31. The number of rotatable bonds is 11. The fraction of sp³-hybridized carbons (Fsp3) is 0.500. The van der Waals surface area contributed by atoms with Crippen molar-refractivity contribution in [1.82, 2.24) is 19.7 Å². The summed E-state index contributed by atoms with van der Waals surface area (Å²) in [4.78, 5) is 20.5. The van der Waals surface area contributed by atoms with Crippen LogP contribution in [0, 0.1) is 5.41 Å². The van der Waals surface area contributed by atoms with Gasteiger partial charge in [0.05, 0.1) is 24.5 Å². The van der Waals surface area contributed by atoms with Gasteiger partial charge in [-0.2, -0.15) is 13.2 Å². The van der Waals surface area contributed by atoms with Gasteiger partial charge < -0.3 is 14.2 Å². The van der Waals surface area contributed by atoms with Crippen LogP contribution in [0.25, 0.3) is 22.5 Å². The Balaban J connectivity index is 1.67. The molecule has 0 aliphatic rings. The molecule has 0 aliphatic carbocycles. The van der Waals surface area contributed by atoms with Crippen molar-refractivity contribution in [3.8, 4) is 28.4 Å². The van der Waals surface area contributed by atoms with Crippen molar-refractivity contribution in [1.29, 1.82) is 0 Å². The fourth-order valence-electron chi connectivity index (χ4n) is 3.32. The fourth-order valence-corrected chi connectivity index (χ4v) is 3.77. The number of pyridine rings is 1. The third-order valence-corrected chi connectivity index (χ3v) is 6.50. The zero-order chi connectivity index (χ0) is 29.7. The van der Waals surface area contributed by atoms with Crippen LogP contribution >= 0.6 is 0 Å². The lowest BCUT2D eigenvalue weighted by atomic mass is 9.94. The minimum Gasteiger partial charge on any atom is -0.476 e. The van der Waals surface area contributed by atoms with Crippen LogP contribution < -0.4 is 4.74 Å². The van der Waals surface area contributed by atoms with Gasteiger partial charge in [0.1, 0.15) is 24.7 Å². The first-order chi connectivity index (χ1) is 18.5. The lowest BCUT2D eigenvalue weighted by molar-refractivity contribution is -0.167. The summed E-state index contributed by atoms with van der Waals surface area (Å²) < 4.78 is 57.9. The van der Waals surface area contributed by atoms with Gasteiger partial charge in [0.2, 0.25) is 11.7 Å². The molecule has 0 N–H and O–H groups in total. The molecule has 0 bridgehead atoms. The molecule has 12 heteroatoms. The van der Waals surface area contributed by atoms with Crippen LogP contribution in [0.5, 0.6) is 5.88 Å². The lowest BCUT2D eigenvalue weighted by Crippen LogP contribution is -2.37. The Kier molecular flexibility index (Phi) is 9.89. The highest BCUT2D eigenvalue weighted by Gasteiger charge is 2.38. The highest BCUT2D eigenvalue weighted by molar-refractivity contribution is 7.95. The molecule has 218 valence electrons. The molecule has 0 radical (unpaired) electrons. The first-order valence-electron chi connectivity index (χ1n) is 12.6. The number of carbonyl (C=O) groups excluding carboxylic acids is 1. The van der Waals surface area contributed by atoms with Gasteiger partial charge in [0.25, 0.3) is 0 Å². The molecule has 0 amide bonds. The zero-order valence-corrected chi connectivity index (χ0v) is 24.7. The molecule has 0 unspecified atom stereocenters. The summed E-state index contributed by atoms with van der Waals surface area (Å²) in [6.07, 6.45) is 1.03. The molecule has 40 heavy (non-hydrogen) atoms. The number of carbonyl (C=O) groups is 1. The number of nitrogens with zero attached hydrogens (tertiary/aromatic N) is 4. The van der Waals surface area contributed by atoms with E-state index in [1.54, 1.807) is 50.4 Å². The third kappa shape index (κ3) is 8.95. The van der Waals surface area contributed by atoms with Gasteiger partial charge >= 0.3 is 12.1 Å². The number of ether oxygens (including phenoxy) is 3. The Morgan fingerprint density at radius 3 is 2.12 bits per heavy atom. The SMILES string of the molecule is C[S+](C)CCOCn1nc(-c2ccc(-c3ccc(OCC(C)(C)C(=O)OC(C)(C)C)nc3)cc2)nc1C(F)(F)F. The van der Waals surface area contributed by atoms with Gasteiger partial charge in [0, 0.05) is 23.4 Å². The summed E-state index contributed by atoms with van der Waals surface area (Å²) >= 11 is 0. The van der Waals surface area contributed by atoms with E-state index < -0.39 is 23.0 Å². The number of benzene rings is 1. The Labute approximate surface area is 235 Å². The van der Waals surface area contributed by atoms with E-state index in [0.717, 1.165) is 21.6 Å². The predicted molar refractivity (Wildman–Crippen MR) is 149 cm³/mol. The Hall–Kier alpha value is -3.12. The normalized spacial score (nSPS) is 12.6. The van der Waals surface area contributed by atoms with E-state index in [9.17, 15) is 18.0 Å². The number of esters is 1. The van der Waals surface area contributed by atoms with Gasteiger partial charge in [-0.3, -0.25) is 4.79 Å². The number of hydrogen-bond donors (Lipinski definition) is 0. The molecule has 0 aliphatic heterocycles. The second-order valence-corrected chi connectivity index (χ2v) is 13.5. The van der Waals surface area contributed by atoms with Gasteiger partial charge in [-0.15, -0.1) is 5.10 Å². The summed E-state index contributed by atoms with van der Waals surface area (Å²) in [5.41, 5.74) is 0.553. The topological polar surface area (TPSA) is 88.4 Å². The standard InChI is InChI=1S/C28H36F3N4O4S/c1-26(2,3)39-25(36)27(4,5)17-38-22-13-12-21(16-32-22)19-8-10-20(11-9-19)23-33-24(28(29,30)31)35(34-23)18-37-14-15-40(6)7/h8-13,16H,14-15,17-18H2,1-7H3/q+1. The van der Waals surface area contributed by atoms with E-state index in [4.69, 9.17) is 14.2 Å². The molecular weight excluding hydrogens is 545 g/mol. The van der Waals surface area contributed by atoms with Crippen LogP contribution in [0.1, 0.15) is 40.4 Å². The lowest BCUT2D eigenvalue weighted by Gasteiger charge is -2.28. The van der Waals surface area contributed by atoms with Crippen LogP contribution in [0.2, 0.25) is 0 Å². The van der Waals surface area contributed by atoms with E-state index in [2.05, 4.69) is 15.1 Å². The molecule has 0 saturated heterocycles. The molecule has 0 atom stereocenters. The van der Waals surface area contributed by atoms with Crippen molar-refractivity contribution in [2.45, 2.75) is 53.1 Å². The average molecular weight is 582 g/mol. The Morgan fingerprint density at radius 2 is 1.57 bits per heavy atom. The minimum absolute atomic E-state index is 0.0392. The highest BCUT2D eigenvalue weighted by atomic mass is 32.2. The Bertz CT molecular complexity index is 1270. The maximum absolute atomic E-state index is 13.5. The van der Waals surface area contributed by atoms with E-state index in [1.807, 2.05) is 39.3 Å². The van der Waals surface area contributed by atoms with Crippen LogP contribution in [-0.2, 0) is 38.1 Å². The van der Waals surface area contributed by atoms with Crippen LogP contribution in [0.3, 0.4) is 0 Å². The second kappa shape index (κ2) is 12.6. The summed E-state index contributed by atoms with van der Waals surface area (Å²) in [7, 11) is 0.129. The molecule has 3 aromatic rings. The molecule has 0 saturated carbocycles. The molecule has 3 rings (SSSR count). The van der Waals surface area contributed by atoms with E-state index >= 15 is 0 Å². The monoisotopic (exact) mass is 581 g/mol. The molecule has 0 spiro atoms. The summed E-state index contributed by atoms with van der Waals surface area (Å²) in [6.45, 7) is 9.02. The van der Waals surface area contributed by atoms with Crippen LogP contribution in [0.15, 0.2) is 42.6 Å². The quantitative estimate of drug-likeness (QED) is 0.165. The predicted octanol–water partition coefficient (Wildman–Crippen LogP) is 5.62. The first kappa shape index (κ1) is 31.4. The van der Waals surface area contributed by atoms with Gasteiger partial charge in [-0.05, 0) is 57.1 Å². The van der Waals surface area contributed by atoms with Crippen LogP contribution in [0.4, 0.5) is 13.2 Å². The maximum atomic E-state index is 13.5. The average Bonchev–Trinajstić information content (AvgIpc) is 3.30. The molecule has 8 nitrogen and oxygen atoms in total. The van der Waals surface area contributed by atoms with E-state index in [0.29, 0.717) is 18.1 Å². The molecule has 2 aromatic heterocycles. The Morgan fingerprint density at radius 1 is 0.950 bits per heavy atom. The number of aromatic nitrogens is 4. The third-order valence-electron chi connectivity index (χ3n) is 5.52. The maximum Gasteiger partial charge on any atom is 0.451 e.